The van der Waals surface area contributed by atoms with Crippen molar-refractivity contribution in [1.82, 2.24) is 19.5 Å². The number of rotatable bonds is 4. The molecule has 3 heterocycles. The van der Waals surface area contributed by atoms with Crippen LogP contribution in [0.4, 0.5) is 10.2 Å². The Morgan fingerprint density at radius 1 is 1.22 bits per heavy atom. The molecule has 0 atom stereocenters. The number of nitrogens with zero attached hydrogens (tertiary/aromatic N) is 5. The molecule has 4 rings (SSSR count). The molecule has 3 aromatic rings. The molecule has 0 N–H and O–H groups in total. The molecule has 1 aliphatic heterocycles. The predicted octanol–water partition coefficient (Wildman–Crippen LogP) is 2.66. The molecule has 0 amide bonds. The number of hydrogen-bond acceptors (Lipinski definition) is 4. The van der Waals surface area contributed by atoms with E-state index in [1.165, 1.54) is 12.1 Å². The van der Waals surface area contributed by atoms with Crippen molar-refractivity contribution in [1.29, 1.82) is 0 Å². The zero-order chi connectivity index (χ0) is 15.8. The Bertz CT molecular complexity index is 838. The molecule has 118 valence electrons. The number of fused-ring (bicyclic) bond motifs is 1. The Hall–Kier alpha value is -2.50. The van der Waals surface area contributed by atoms with Gasteiger partial charge in [-0.25, -0.2) is 19.3 Å². The van der Waals surface area contributed by atoms with Crippen molar-refractivity contribution < 1.29 is 4.39 Å². The predicted molar refractivity (Wildman–Crippen MR) is 86.8 cm³/mol. The summed E-state index contributed by atoms with van der Waals surface area (Å²) in [5.41, 5.74) is 0.780. The maximum Gasteiger partial charge on any atom is 0.140 e. The molecule has 5 nitrogen and oxygen atoms in total. The van der Waals surface area contributed by atoms with Crippen molar-refractivity contribution in [3.8, 4) is 0 Å². The lowest BCUT2D eigenvalue weighted by atomic mass is 9.99. The first-order chi connectivity index (χ1) is 11.2. The van der Waals surface area contributed by atoms with Crippen LogP contribution in [-0.4, -0.2) is 32.6 Å². The highest BCUT2D eigenvalue weighted by atomic mass is 19.1. The quantitative estimate of drug-likeness (QED) is 0.743. The van der Waals surface area contributed by atoms with E-state index in [2.05, 4.69) is 31.3 Å². The van der Waals surface area contributed by atoms with Crippen LogP contribution in [0.25, 0.3) is 10.9 Å². The summed E-state index contributed by atoms with van der Waals surface area (Å²) >= 11 is 0. The van der Waals surface area contributed by atoms with E-state index in [4.69, 9.17) is 0 Å². The van der Waals surface area contributed by atoms with Gasteiger partial charge in [0.1, 0.15) is 23.8 Å². The molecule has 0 bridgehead atoms. The first-order valence-corrected chi connectivity index (χ1v) is 7.90. The Kier molecular flexibility index (Phi) is 3.44. The zero-order valence-electron chi connectivity index (χ0n) is 13.0. The minimum Gasteiger partial charge on any atom is -0.355 e. The summed E-state index contributed by atoms with van der Waals surface area (Å²) in [7, 11) is 0. The second-order valence-corrected chi connectivity index (χ2v) is 5.98. The van der Waals surface area contributed by atoms with Crippen LogP contribution in [-0.2, 0) is 13.0 Å². The summed E-state index contributed by atoms with van der Waals surface area (Å²) in [4.78, 5) is 15.1. The normalized spacial score (nSPS) is 15.1. The van der Waals surface area contributed by atoms with Gasteiger partial charge in [0.25, 0.3) is 0 Å². The number of halogens is 1. The summed E-state index contributed by atoms with van der Waals surface area (Å²) in [5.74, 6) is 2.26. The van der Waals surface area contributed by atoms with Crippen LogP contribution in [0.5, 0.6) is 0 Å². The minimum absolute atomic E-state index is 0.253. The number of benzene rings is 1. The molecular formula is C17H18FN5. The fourth-order valence-corrected chi connectivity index (χ4v) is 3.22. The van der Waals surface area contributed by atoms with E-state index < -0.39 is 0 Å². The third-order valence-corrected chi connectivity index (χ3v) is 4.41. The Labute approximate surface area is 133 Å². The van der Waals surface area contributed by atoms with E-state index >= 15 is 0 Å². The Morgan fingerprint density at radius 2 is 2.09 bits per heavy atom. The molecule has 6 heteroatoms. The summed E-state index contributed by atoms with van der Waals surface area (Å²) in [6.45, 7) is 4.93. The number of aromatic nitrogens is 4. The highest BCUT2D eigenvalue weighted by Crippen LogP contribution is 2.30. The second-order valence-electron chi connectivity index (χ2n) is 5.98. The third kappa shape index (κ3) is 2.54. The first kappa shape index (κ1) is 14.1. The Morgan fingerprint density at radius 3 is 2.91 bits per heavy atom. The molecule has 0 unspecified atom stereocenters. The fraction of sp³-hybridized carbons (Fsp3) is 0.353. The summed E-state index contributed by atoms with van der Waals surface area (Å²) in [5, 5.41) is 0.780. The van der Waals surface area contributed by atoms with Crippen molar-refractivity contribution in [2.75, 3.05) is 18.0 Å². The maximum absolute atomic E-state index is 13.5. The maximum atomic E-state index is 13.5. The van der Waals surface area contributed by atoms with Gasteiger partial charge in [0, 0.05) is 49.8 Å². The molecule has 0 radical (unpaired) electrons. The SMILES string of the molecule is CCc1nccn1CC1CN(c2ncnc3ccc(F)cc23)C1. The van der Waals surface area contributed by atoms with Crippen LogP contribution >= 0.6 is 0 Å². The summed E-state index contributed by atoms with van der Waals surface area (Å²) in [6, 6.07) is 4.65. The molecule has 2 aromatic heterocycles. The third-order valence-electron chi connectivity index (χ3n) is 4.41. The van der Waals surface area contributed by atoms with Gasteiger partial charge in [-0.2, -0.15) is 0 Å². The van der Waals surface area contributed by atoms with Gasteiger partial charge in [-0.1, -0.05) is 6.92 Å². The molecule has 1 fully saturated rings. The minimum atomic E-state index is -0.253. The standard InChI is InChI=1S/C17H18FN5/c1-2-16-19-5-6-22(16)8-12-9-23(10-12)17-14-7-13(18)3-4-15(14)20-11-21-17/h3-7,11-12H,2,8-10H2,1H3. The average molecular weight is 311 g/mol. The van der Waals surface area contributed by atoms with Crippen molar-refractivity contribution in [2.45, 2.75) is 19.9 Å². The van der Waals surface area contributed by atoms with Crippen LogP contribution in [0, 0.1) is 11.7 Å². The van der Waals surface area contributed by atoms with Gasteiger partial charge in [-0.05, 0) is 18.2 Å². The summed E-state index contributed by atoms with van der Waals surface area (Å²) < 4.78 is 15.8. The van der Waals surface area contributed by atoms with E-state index in [-0.39, 0.29) is 5.82 Å². The van der Waals surface area contributed by atoms with Crippen LogP contribution in [0.1, 0.15) is 12.7 Å². The highest BCUT2D eigenvalue weighted by Gasteiger charge is 2.29. The van der Waals surface area contributed by atoms with Crippen molar-refractivity contribution in [2.24, 2.45) is 5.92 Å². The van der Waals surface area contributed by atoms with E-state index in [0.29, 0.717) is 5.92 Å². The zero-order valence-corrected chi connectivity index (χ0v) is 13.0. The van der Waals surface area contributed by atoms with Gasteiger partial charge in [0.15, 0.2) is 0 Å². The van der Waals surface area contributed by atoms with Crippen LogP contribution in [0.2, 0.25) is 0 Å². The van der Waals surface area contributed by atoms with Gasteiger partial charge in [0.2, 0.25) is 0 Å². The number of imidazole rings is 1. The largest absolute Gasteiger partial charge is 0.355 e. The summed E-state index contributed by atoms with van der Waals surface area (Å²) in [6.07, 6.45) is 6.39. The average Bonchev–Trinajstić information content (AvgIpc) is 2.97. The first-order valence-electron chi connectivity index (χ1n) is 7.90. The second kappa shape index (κ2) is 5.61. The van der Waals surface area contributed by atoms with Crippen LogP contribution in [0.15, 0.2) is 36.9 Å². The van der Waals surface area contributed by atoms with Gasteiger partial charge in [-0.3, -0.25) is 0 Å². The number of hydrogen-bond donors (Lipinski definition) is 0. The van der Waals surface area contributed by atoms with Gasteiger partial charge in [0.05, 0.1) is 5.52 Å². The molecule has 1 saturated heterocycles. The van der Waals surface area contributed by atoms with E-state index in [1.807, 2.05) is 12.4 Å². The van der Waals surface area contributed by atoms with Crippen molar-refractivity contribution in [3.05, 3.63) is 48.6 Å². The van der Waals surface area contributed by atoms with E-state index in [0.717, 1.165) is 48.6 Å². The molecule has 1 aliphatic rings. The molecular weight excluding hydrogens is 293 g/mol. The molecule has 0 aliphatic carbocycles. The lowest BCUT2D eigenvalue weighted by Gasteiger charge is -2.40. The molecule has 23 heavy (non-hydrogen) atoms. The van der Waals surface area contributed by atoms with Crippen molar-refractivity contribution >= 4 is 16.7 Å². The molecule has 0 saturated carbocycles. The fourth-order valence-electron chi connectivity index (χ4n) is 3.22. The van der Waals surface area contributed by atoms with E-state index in [9.17, 15) is 4.39 Å². The number of aryl methyl sites for hydroxylation is 1. The lowest BCUT2D eigenvalue weighted by Crippen LogP contribution is -2.49. The molecule has 1 aromatic carbocycles. The van der Waals surface area contributed by atoms with Crippen LogP contribution < -0.4 is 4.90 Å². The smallest absolute Gasteiger partial charge is 0.140 e. The Balaban J connectivity index is 1.51. The lowest BCUT2D eigenvalue weighted by molar-refractivity contribution is 0.351. The topological polar surface area (TPSA) is 46.8 Å². The van der Waals surface area contributed by atoms with E-state index in [1.54, 1.807) is 12.4 Å². The van der Waals surface area contributed by atoms with Gasteiger partial charge in [-0.15, -0.1) is 0 Å². The van der Waals surface area contributed by atoms with Gasteiger partial charge >= 0.3 is 0 Å². The van der Waals surface area contributed by atoms with Crippen molar-refractivity contribution in [3.63, 3.8) is 0 Å². The number of anilines is 1. The van der Waals surface area contributed by atoms with Crippen LogP contribution in [0.3, 0.4) is 0 Å². The van der Waals surface area contributed by atoms with Gasteiger partial charge < -0.3 is 9.47 Å². The highest BCUT2D eigenvalue weighted by molar-refractivity contribution is 5.89. The molecule has 0 spiro atoms. The monoisotopic (exact) mass is 311 g/mol.